The summed E-state index contributed by atoms with van der Waals surface area (Å²) in [6.07, 6.45) is -8.18. The van der Waals surface area contributed by atoms with Gasteiger partial charge in [0.05, 0.1) is 11.5 Å². The van der Waals surface area contributed by atoms with Crippen LogP contribution in [-0.2, 0) is 17.5 Å². The SMILES string of the molecule is CC(C)CCN(Cc1ccc(OC(F)(F)F)cc1)c1cc(-c2ccc(C(F)(F)F)cc2)cc([C@@H](CC(C)C)C(=O)O)c1. The predicted octanol–water partition coefficient (Wildman–Crippen LogP) is 9.54. The number of alkyl halides is 6. The van der Waals surface area contributed by atoms with E-state index in [0.717, 1.165) is 18.6 Å². The predicted molar refractivity (Wildman–Crippen MR) is 150 cm³/mol. The Hall–Kier alpha value is -3.69. The summed E-state index contributed by atoms with van der Waals surface area (Å²) in [5, 5.41) is 10.1. The molecule has 3 rings (SSSR count). The number of ether oxygens (including phenoxy) is 1. The van der Waals surface area contributed by atoms with E-state index in [-0.39, 0.29) is 11.7 Å². The van der Waals surface area contributed by atoms with Crippen molar-refractivity contribution < 1.29 is 41.0 Å². The van der Waals surface area contributed by atoms with Crippen molar-refractivity contribution in [1.29, 1.82) is 0 Å². The topological polar surface area (TPSA) is 49.8 Å². The molecule has 10 heteroatoms. The van der Waals surface area contributed by atoms with Crippen LogP contribution in [0.4, 0.5) is 32.0 Å². The van der Waals surface area contributed by atoms with Crippen LogP contribution in [0.5, 0.6) is 5.75 Å². The van der Waals surface area contributed by atoms with E-state index in [1.807, 2.05) is 24.8 Å². The number of halogens is 6. The van der Waals surface area contributed by atoms with E-state index in [0.29, 0.717) is 53.4 Å². The van der Waals surface area contributed by atoms with Crippen molar-refractivity contribution in [2.75, 3.05) is 11.4 Å². The van der Waals surface area contributed by atoms with Crippen molar-refractivity contribution in [3.05, 3.63) is 83.4 Å². The van der Waals surface area contributed by atoms with Gasteiger partial charge < -0.3 is 14.7 Å². The maximum Gasteiger partial charge on any atom is 0.573 e. The highest BCUT2D eigenvalue weighted by molar-refractivity contribution is 5.79. The normalized spacial score (nSPS) is 13.0. The van der Waals surface area contributed by atoms with Gasteiger partial charge in [0.1, 0.15) is 5.75 Å². The molecule has 42 heavy (non-hydrogen) atoms. The molecule has 0 saturated carbocycles. The minimum Gasteiger partial charge on any atom is -0.481 e. The number of hydrogen-bond acceptors (Lipinski definition) is 3. The van der Waals surface area contributed by atoms with Gasteiger partial charge in [0.25, 0.3) is 0 Å². The zero-order valence-electron chi connectivity index (χ0n) is 23.9. The minimum atomic E-state index is -4.81. The van der Waals surface area contributed by atoms with Gasteiger partial charge in [-0.2, -0.15) is 13.2 Å². The Morgan fingerprint density at radius 3 is 1.95 bits per heavy atom. The molecule has 0 aliphatic heterocycles. The highest BCUT2D eigenvalue weighted by Gasteiger charge is 2.31. The van der Waals surface area contributed by atoms with Gasteiger partial charge in [0.15, 0.2) is 0 Å². The second kappa shape index (κ2) is 13.5. The number of anilines is 1. The number of carboxylic acid groups (broad SMARTS) is 1. The summed E-state index contributed by atoms with van der Waals surface area (Å²) < 4.78 is 81.4. The second-order valence-electron chi connectivity index (χ2n) is 11.2. The molecule has 4 nitrogen and oxygen atoms in total. The lowest BCUT2D eigenvalue weighted by Crippen LogP contribution is -2.25. The molecule has 0 spiro atoms. The lowest BCUT2D eigenvalue weighted by Gasteiger charge is -2.28. The fourth-order valence-corrected chi connectivity index (χ4v) is 4.62. The van der Waals surface area contributed by atoms with Gasteiger partial charge in [-0.1, -0.05) is 58.0 Å². The Bertz CT molecular complexity index is 1320. The first-order chi connectivity index (χ1) is 19.5. The van der Waals surface area contributed by atoms with Crippen molar-refractivity contribution in [2.45, 2.75) is 65.5 Å². The van der Waals surface area contributed by atoms with Gasteiger partial charge in [-0.15, -0.1) is 13.2 Å². The van der Waals surface area contributed by atoms with Crippen LogP contribution in [-0.4, -0.2) is 24.0 Å². The molecule has 0 aromatic heterocycles. The van der Waals surface area contributed by atoms with Crippen LogP contribution >= 0.6 is 0 Å². The Balaban J connectivity index is 2.09. The monoisotopic (exact) mass is 595 g/mol. The maximum atomic E-state index is 13.2. The highest BCUT2D eigenvalue weighted by atomic mass is 19.4. The van der Waals surface area contributed by atoms with Gasteiger partial charge in [0, 0.05) is 18.8 Å². The Labute approximate surface area is 241 Å². The first kappa shape index (κ1) is 32.8. The van der Waals surface area contributed by atoms with Gasteiger partial charge in [0.2, 0.25) is 0 Å². The van der Waals surface area contributed by atoms with Gasteiger partial charge in [-0.3, -0.25) is 4.79 Å². The lowest BCUT2D eigenvalue weighted by molar-refractivity contribution is -0.274. The van der Waals surface area contributed by atoms with Crippen LogP contribution < -0.4 is 9.64 Å². The zero-order valence-corrected chi connectivity index (χ0v) is 23.9. The fourth-order valence-electron chi connectivity index (χ4n) is 4.62. The zero-order chi connectivity index (χ0) is 31.2. The van der Waals surface area contributed by atoms with Crippen molar-refractivity contribution in [3.63, 3.8) is 0 Å². The molecule has 228 valence electrons. The molecule has 0 aliphatic rings. The number of hydrogen-bond donors (Lipinski definition) is 1. The van der Waals surface area contributed by atoms with Crippen LogP contribution in [0, 0.1) is 11.8 Å². The summed E-state index contributed by atoms with van der Waals surface area (Å²) in [6, 6.07) is 15.5. The van der Waals surface area contributed by atoms with Crippen molar-refractivity contribution in [1.82, 2.24) is 0 Å². The molecule has 1 atom stereocenters. The summed E-state index contributed by atoms with van der Waals surface area (Å²) in [5.41, 5.74) is 2.15. The van der Waals surface area contributed by atoms with Crippen LogP contribution in [0.2, 0.25) is 0 Å². The van der Waals surface area contributed by atoms with E-state index < -0.39 is 30.0 Å². The molecule has 0 bridgehead atoms. The fraction of sp³-hybridized carbons (Fsp3) is 0.406. The molecule has 0 aliphatic carbocycles. The van der Waals surface area contributed by atoms with Crippen molar-refractivity contribution in [2.24, 2.45) is 11.8 Å². The van der Waals surface area contributed by atoms with Gasteiger partial charge >= 0.3 is 18.5 Å². The van der Waals surface area contributed by atoms with E-state index in [1.54, 1.807) is 12.1 Å². The Morgan fingerprint density at radius 1 is 0.833 bits per heavy atom. The summed E-state index contributed by atoms with van der Waals surface area (Å²) in [6.45, 7) is 8.78. The van der Waals surface area contributed by atoms with Gasteiger partial charge in [-0.05, 0) is 83.3 Å². The standard InChI is InChI=1S/C32H35F6NO3/c1-20(2)13-14-39(19-22-5-11-28(12-6-22)42-32(36,37)38)27-17-24(23-7-9-26(10-8-23)31(33,34)35)16-25(18-27)29(30(40)41)15-21(3)4/h5-12,16-18,20-21,29H,13-15,19H2,1-4H3,(H,40,41)/t29-/m1/s1. The third-order valence-corrected chi connectivity index (χ3v) is 6.77. The largest absolute Gasteiger partial charge is 0.573 e. The lowest BCUT2D eigenvalue weighted by atomic mass is 9.88. The Morgan fingerprint density at radius 2 is 1.45 bits per heavy atom. The average molecular weight is 596 g/mol. The van der Waals surface area contributed by atoms with Crippen LogP contribution in [0.25, 0.3) is 11.1 Å². The summed E-state index contributed by atoms with van der Waals surface area (Å²) >= 11 is 0. The van der Waals surface area contributed by atoms with E-state index in [2.05, 4.69) is 18.6 Å². The molecule has 3 aromatic carbocycles. The molecule has 0 fully saturated rings. The van der Waals surface area contributed by atoms with Crippen molar-refractivity contribution >= 4 is 11.7 Å². The summed E-state index contributed by atoms with van der Waals surface area (Å²) in [4.78, 5) is 14.3. The van der Waals surface area contributed by atoms with Crippen molar-refractivity contribution in [3.8, 4) is 16.9 Å². The van der Waals surface area contributed by atoms with E-state index in [1.165, 1.54) is 36.4 Å². The van der Waals surface area contributed by atoms with Crippen LogP contribution in [0.3, 0.4) is 0 Å². The number of rotatable bonds is 12. The molecule has 0 radical (unpaired) electrons. The number of carboxylic acids is 1. The van der Waals surface area contributed by atoms with Gasteiger partial charge in [-0.25, -0.2) is 0 Å². The third kappa shape index (κ3) is 9.70. The maximum absolute atomic E-state index is 13.2. The smallest absolute Gasteiger partial charge is 0.481 e. The first-order valence-electron chi connectivity index (χ1n) is 13.7. The number of nitrogens with zero attached hydrogens (tertiary/aromatic N) is 1. The molecule has 1 N–H and O–H groups in total. The minimum absolute atomic E-state index is 0.0683. The van der Waals surface area contributed by atoms with E-state index >= 15 is 0 Å². The molecule has 0 amide bonds. The van der Waals surface area contributed by atoms with Crippen LogP contribution in [0.1, 0.15) is 63.1 Å². The third-order valence-electron chi connectivity index (χ3n) is 6.77. The summed E-state index contributed by atoms with van der Waals surface area (Å²) in [7, 11) is 0. The van der Waals surface area contributed by atoms with E-state index in [9.17, 15) is 36.2 Å². The number of benzene rings is 3. The molecule has 0 saturated heterocycles. The average Bonchev–Trinajstić information content (AvgIpc) is 2.88. The molecule has 0 unspecified atom stereocenters. The first-order valence-corrected chi connectivity index (χ1v) is 13.7. The molecular formula is C32H35F6NO3. The number of carbonyl (C=O) groups is 1. The second-order valence-corrected chi connectivity index (χ2v) is 11.2. The Kier molecular flexibility index (Phi) is 10.6. The molecule has 3 aromatic rings. The number of aliphatic carboxylic acids is 1. The summed E-state index contributed by atoms with van der Waals surface area (Å²) in [5.74, 6) is -1.80. The van der Waals surface area contributed by atoms with E-state index in [4.69, 9.17) is 0 Å². The molecular weight excluding hydrogens is 560 g/mol. The molecule has 0 heterocycles. The quantitative estimate of drug-likeness (QED) is 0.212. The van der Waals surface area contributed by atoms with Crippen LogP contribution in [0.15, 0.2) is 66.7 Å². The highest BCUT2D eigenvalue weighted by Crippen LogP contribution is 2.36.